The fourth-order valence-electron chi connectivity index (χ4n) is 2.91. The van der Waals surface area contributed by atoms with E-state index in [2.05, 4.69) is 20.2 Å². The van der Waals surface area contributed by atoms with Gasteiger partial charge in [-0.3, -0.25) is 0 Å². The number of halogens is 1. The van der Waals surface area contributed by atoms with E-state index in [1.165, 1.54) is 12.1 Å². The zero-order chi connectivity index (χ0) is 19.2. The number of benzene rings is 1. The Morgan fingerprint density at radius 2 is 1.89 bits per heavy atom. The van der Waals surface area contributed by atoms with Gasteiger partial charge in [0.2, 0.25) is 5.95 Å². The minimum Gasteiger partial charge on any atom is -0.450 e. The highest BCUT2D eigenvalue weighted by atomic mass is 19.1. The van der Waals surface area contributed by atoms with Crippen LogP contribution in [0.25, 0.3) is 0 Å². The Morgan fingerprint density at radius 1 is 1.19 bits per heavy atom. The molecule has 0 atom stereocenters. The smallest absolute Gasteiger partial charge is 0.409 e. The second-order valence-electron chi connectivity index (χ2n) is 6.34. The van der Waals surface area contributed by atoms with E-state index in [9.17, 15) is 9.18 Å². The van der Waals surface area contributed by atoms with Crippen molar-refractivity contribution in [2.45, 2.75) is 20.4 Å². The Balaban J connectivity index is 1.62. The molecule has 1 aliphatic heterocycles. The van der Waals surface area contributed by atoms with Crippen LogP contribution in [0.15, 0.2) is 30.3 Å². The predicted octanol–water partition coefficient (Wildman–Crippen LogP) is 2.81. The minimum absolute atomic E-state index is 0.255. The second-order valence-corrected chi connectivity index (χ2v) is 6.34. The summed E-state index contributed by atoms with van der Waals surface area (Å²) >= 11 is 0. The van der Waals surface area contributed by atoms with Gasteiger partial charge in [-0.25, -0.2) is 14.2 Å². The van der Waals surface area contributed by atoms with Gasteiger partial charge >= 0.3 is 6.09 Å². The molecule has 1 fully saturated rings. The van der Waals surface area contributed by atoms with Crippen molar-refractivity contribution in [1.29, 1.82) is 0 Å². The van der Waals surface area contributed by atoms with Crippen molar-refractivity contribution in [2.75, 3.05) is 43.0 Å². The summed E-state index contributed by atoms with van der Waals surface area (Å²) in [5.74, 6) is 1.10. The molecular formula is C19H24FN5O2. The Kier molecular flexibility index (Phi) is 6.05. The average molecular weight is 373 g/mol. The number of hydrogen-bond acceptors (Lipinski definition) is 6. The quantitative estimate of drug-likeness (QED) is 0.869. The van der Waals surface area contributed by atoms with Crippen LogP contribution in [0.5, 0.6) is 0 Å². The maximum absolute atomic E-state index is 13.0. The maximum atomic E-state index is 13.0. The first kappa shape index (κ1) is 18.9. The van der Waals surface area contributed by atoms with Gasteiger partial charge < -0.3 is 19.9 Å². The number of amides is 1. The molecule has 3 rings (SSSR count). The van der Waals surface area contributed by atoms with E-state index in [0.29, 0.717) is 45.3 Å². The molecule has 1 saturated heterocycles. The van der Waals surface area contributed by atoms with E-state index >= 15 is 0 Å². The largest absolute Gasteiger partial charge is 0.450 e. The zero-order valence-electron chi connectivity index (χ0n) is 15.6. The van der Waals surface area contributed by atoms with Crippen LogP contribution in [0.1, 0.15) is 18.2 Å². The number of hydrogen-bond donors (Lipinski definition) is 1. The van der Waals surface area contributed by atoms with Crippen LogP contribution >= 0.6 is 0 Å². The molecule has 1 amide bonds. The molecule has 1 N–H and O–H groups in total. The maximum Gasteiger partial charge on any atom is 0.409 e. The molecule has 8 heteroatoms. The van der Waals surface area contributed by atoms with Crippen molar-refractivity contribution in [3.63, 3.8) is 0 Å². The van der Waals surface area contributed by atoms with Crippen molar-refractivity contribution >= 4 is 17.9 Å². The molecular weight excluding hydrogens is 349 g/mol. The number of carbonyl (C=O) groups excluding carboxylic acids is 1. The lowest BCUT2D eigenvalue weighted by molar-refractivity contribution is 0.105. The van der Waals surface area contributed by atoms with Gasteiger partial charge in [0.05, 0.1) is 6.61 Å². The van der Waals surface area contributed by atoms with Crippen LogP contribution in [0.3, 0.4) is 0 Å². The van der Waals surface area contributed by atoms with Crippen LogP contribution in [-0.4, -0.2) is 53.7 Å². The fraction of sp³-hybridized carbons (Fsp3) is 0.421. The number of carbonyl (C=O) groups is 1. The van der Waals surface area contributed by atoms with Crippen molar-refractivity contribution in [1.82, 2.24) is 14.9 Å². The SMILES string of the molecule is CCOC(=O)N1CCN(c2cc(C)nc(NCc3ccc(F)cc3)n2)CC1. The summed E-state index contributed by atoms with van der Waals surface area (Å²) in [5.41, 5.74) is 1.81. The minimum atomic E-state index is -0.266. The number of nitrogens with one attached hydrogen (secondary N) is 1. The lowest BCUT2D eigenvalue weighted by atomic mass is 10.2. The lowest BCUT2D eigenvalue weighted by Crippen LogP contribution is -2.49. The molecule has 0 spiro atoms. The van der Waals surface area contributed by atoms with Gasteiger partial charge in [0.15, 0.2) is 0 Å². The Morgan fingerprint density at radius 3 is 2.56 bits per heavy atom. The number of ether oxygens (including phenoxy) is 1. The van der Waals surface area contributed by atoms with Crippen molar-refractivity contribution in [3.8, 4) is 0 Å². The van der Waals surface area contributed by atoms with E-state index in [-0.39, 0.29) is 11.9 Å². The molecule has 144 valence electrons. The standard InChI is InChI=1S/C19H24FN5O2/c1-3-27-19(26)25-10-8-24(9-11-25)17-12-14(2)22-18(23-17)21-13-15-4-6-16(20)7-5-15/h4-7,12H,3,8-11,13H2,1-2H3,(H,21,22,23). The van der Waals surface area contributed by atoms with E-state index < -0.39 is 0 Å². The summed E-state index contributed by atoms with van der Waals surface area (Å²) in [6.07, 6.45) is -0.266. The number of aromatic nitrogens is 2. The highest BCUT2D eigenvalue weighted by molar-refractivity contribution is 5.68. The Labute approximate surface area is 158 Å². The molecule has 0 bridgehead atoms. The number of piperazine rings is 1. The molecule has 1 aromatic heterocycles. The first-order valence-corrected chi connectivity index (χ1v) is 9.06. The predicted molar refractivity (Wildman–Crippen MR) is 101 cm³/mol. The van der Waals surface area contributed by atoms with Gasteiger partial charge in [-0.2, -0.15) is 4.98 Å². The molecule has 7 nitrogen and oxygen atoms in total. The Hall–Kier alpha value is -2.90. The fourth-order valence-corrected chi connectivity index (χ4v) is 2.91. The van der Waals surface area contributed by atoms with Gasteiger partial charge in [0.25, 0.3) is 0 Å². The molecule has 1 aliphatic rings. The third kappa shape index (κ3) is 5.06. The molecule has 27 heavy (non-hydrogen) atoms. The molecule has 2 heterocycles. The number of anilines is 2. The summed E-state index contributed by atoms with van der Waals surface area (Å²) in [7, 11) is 0. The highest BCUT2D eigenvalue weighted by Gasteiger charge is 2.23. The van der Waals surface area contributed by atoms with Crippen LogP contribution in [0, 0.1) is 12.7 Å². The van der Waals surface area contributed by atoms with E-state index in [0.717, 1.165) is 17.1 Å². The van der Waals surface area contributed by atoms with Gasteiger partial charge in [-0.05, 0) is 31.5 Å². The average Bonchev–Trinajstić information content (AvgIpc) is 2.67. The van der Waals surface area contributed by atoms with E-state index in [4.69, 9.17) is 4.74 Å². The van der Waals surface area contributed by atoms with Gasteiger partial charge in [-0.15, -0.1) is 0 Å². The van der Waals surface area contributed by atoms with Gasteiger partial charge in [-0.1, -0.05) is 12.1 Å². The van der Waals surface area contributed by atoms with E-state index in [1.807, 2.05) is 13.0 Å². The van der Waals surface area contributed by atoms with Crippen molar-refractivity contribution in [3.05, 3.63) is 47.4 Å². The molecule has 0 unspecified atom stereocenters. The summed E-state index contributed by atoms with van der Waals surface area (Å²) in [6.45, 7) is 7.19. The lowest BCUT2D eigenvalue weighted by Gasteiger charge is -2.34. The summed E-state index contributed by atoms with van der Waals surface area (Å²) in [5, 5.41) is 3.19. The topological polar surface area (TPSA) is 70.6 Å². The second kappa shape index (κ2) is 8.66. The molecule has 0 radical (unpaired) electrons. The summed E-state index contributed by atoms with van der Waals surface area (Å²) < 4.78 is 18.1. The molecule has 1 aromatic carbocycles. The normalized spacial score (nSPS) is 14.2. The van der Waals surface area contributed by atoms with Crippen molar-refractivity contribution in [2.24, 2.45) is 0 Å². The van der Waals surface area contributed by atoms with E-state index in [1.54, 1.807) is 24.0 Å². The third-order valence-electron chi connectivity index (χ3n) is 4.33. The monoisotopic (exact) mass is 373 g/mol. The van der Waals surface area contributed by atoms with Crippen LogP contribution in [-0.2, 0) is 11.3 Å². The Bertz CT molecular complexity index is 776. The summed E-state index contributed by atoms with van der Waals surface area (Å²) in [4.78, 5) is 24.7. The number of rotatable bonds is 5. The number of aryl methyl sites for hydroxylation is 1. The number of nitrogens with zero attached hydrogens (tertiary/aromatic N) is 4. The zero-order valence-corrected chi connectivity index (χ0v) is 15.6. The van der Waals surface area contributed by atoms with Gasteiger partial charge in [0, 0.05) is 44.5 Å². The van der Waals surface area contributed by atoms with Crippen LogP contribution < -0.4 is 10.2 Å². The molecule has 0 saturated carbocycles. The van der Waals surface area contributed by atoms with Crippen LogP contribution in [0.4, 0.5) is 21.0 Å². The van der Waals surface area contributed by atoms with Gasteiger partial charge in [0.1, 0.15) is 11.6 Å². The van der Waals surface area contributed by atoms with Crippen LogP contribution in [0.2, 0.25) is 0 Å². The third-order valence-corrected chi connectivity index (χ3v) is 4.33. The summed E-state index contributed by atoms with van der Waals surface area (Å²) in [6, 6.07) is 8.26. The highest BCUT2D eigenvalue weighted by Crippen LogP contribution is 2.18. The molecule has 2 aromatic rings. The first-order chi connectivity index (χ1) is 13.0. The molecule has 0 aliphatic carbocycles. The first-order valence-electron chi connectivity index (χ1n) is 9.06. The van der Waals surface area contributed by atoms with Crippen molar-refractivity contribution < 1.29 is 13.9 Å².